The van der Waals surface area contributed by atoms with Gasteiger partial charge in [-0.25, -0.2) is 10.1 Å². The van der Waals surface area contributed by atoms with Gasteiger partial charge in [0.2, 0.25) is 5.95 Å². The number of nitrogens with one attached hydrogen (secondary N) is 1. The molecule has 2 rings (SSSR count). The number of hydrogen-bond donors (Lipinski definition) is 1. The summed E-state index contributed by atoms with van der Waals surface area (Å²) in [6.45, 7) is 1.67. The maximum Gasteiger partial charge on any atom is 0.271 e. The average molecular weight is 339 g/mol. The predicted molar refractivity (Wildman–Crippen MR) is 77.1 cm³/mol. The van der Waals surface area contributed by atoms with Gasteiger partial charge in [0.1, 0.15) is 0 Å². The van der Waals surface area contributed by atoms with E-state index in [1.54, 1.807) is 31.2 Å². The third-order valence-corrected chi connectivity index (χ3v) is 3.19. The highest BCUT2D eigenvalue weighted by atomic mass is 79.9. The zero-order chi connectivity index (χ0) is 14.7. The molecule has 0 saturated carbocycles. The van der Waals surface area contributed by atoms with Crippen molar-refractivity contribution in [1.82, 2.24) is 15.2 Å². The number of carbonyl (C=O) groups is 1. The van der Waals surface area contributed by atoms with Gasteiger partial charge in [-0.15, -0.1) is 0 Å². The van der Waals surface area contributed by atoms with Crippen LogP contribution in [0, 0.1) is 12.9 Å². The molecule has 0 aliphatic carbocycles. The lowest BCUT2D eigenvalue weighted by Crippen LogP contribution is -2.17. The van der Waals surface area contributed by atoms with Crippen molar-refractivity contribution in [3.8, 4) is 0 Å². The SMILES string of the molecule is Cc1nn(C)c(F)c1/C=N\NC(=O)c1ccc(Br)cc1. The van der Waals surface area contributed by atoms with Crippen molar-refractivity contribution in [2.75, 3.05) is 0 Å². The van der Waals surface area contributed by atoms with E-state index in [4.69, 9.17) is 0 Å². The van der Waals surface area contributed by atoms with Crippen molar-refractivity contribution in [2.45, 2.75) is 6.92 Å². The van der Waals surface area contributed by atoms with Gasteiger partial charge >= 0.3 is 0 Å². The third kappa shape index (κ3) is 3.11. The van der Waals surface area contributed by atoms with Crippen molar-refractivity contribution in [3.63, 3.8) is 0 Å². The first kappa shape index (κ1) is 14.4. The molecule has 7 heteroatoms. The molecule has 1 aromatic carbocycles. The van der Waals surface area contributed by atoms with Gasteiger partial charge in [0.25, 0.3) is 5.91 Å². The minimum atomic E-state index is -0.496. The van der Waals surface area contributed by atoms with E-state index in [-0.39, 0.29) is 11.5 Å². The average Bonchev–Trinajstić information content (AvgIpc) is 2.65. The smallest absolute Gasteiger partial charge is 0.267 e. The summed E-state index contributed by atoms with van der Waals surface area (Å²) in [6.07, 6.45) is 1.24. The lowest BCUT2D eigenvalue weighted by molar-refractivity contribution is 0.0955. The maximum atomic E-state index is 13.6. The molecule has 0 aliphatic heterocycles. The first-order chi connectivity index (χ1) is 9.49. The Morgan fingerprint density at radius 2 is 2.10 bits per heavy atom. The van der Waals surface area contributed by atoms with E-state index in [1.165, 1.54) is 13.3 Å². The molecule has 1 aromatic heterocycles. The van der Waals surface area contributed by atoms with Gasteiger partial charge in [0, 0.05) is 17.1 Å². The number of amides is 1. The summed E-state index contributed by atoms with van der Waals surface area (Å²) in [5.74, 6) is -0.861. The number of rotatable bonds is 3. The van der Waals surface area contributed by atoms with E-state index in [2.05, 4.69) is 31.6 Å². The topological polar surface area (TPSA) is 59.3 Å². The second-order valence-electron chi connectivity index (χ2n) is 4.12. The summed E-state index contributed by atoms with van der Waals surface area (Å²) in [4.78, 5) is 11.8. The highest BCUT2D eigenvalue weighted by molar-refractivity contribution is 9.10. The Balaban J connectivity index is 2.06. The monoisotopic (exact) mass is 338 g/mol. The van der Waals surface area contributed by atoms with Crippen molar-refractivity contribution < 1.29 is 9.18 Å². The summed E-state index contributed by atoms with van der Waals surface area (Å²) in [5, 5.41) is 7.65. The van der Waals surface area contributed by atoms with Crippen LogP contribution in [-0.4, -0.2) is 21.9 Å². The summed E-state index contributed by atoms with van der Waals surface area (Å²) >= 11 is 3.28. The van der Waals surface area contributed by atoms with Gasteiger partial charge in [-0.3, -0.25) is 4.79 Å². The number of aryl methyl sites for hydroxylation is 2. The van der Waals surface area contributed by atoms with Gasteiger partial charge in [0.05, 0.1) is 17.5 Å². The van der Waals surface area contributed by atoms with Gasteiger partial charge in [0.15, 0.2) is 0 Å². The molecule has 5 nitrogen and oxygen atoms in total. The Hall–Kier alpha value is -2.02. The highest BCUT2D eigenvalue weighted by Gasteiger charge is 2.10. The summed E-state index contributed by atoms with van der Waals surface area (Å²) in [6, 6.07) is 6.82. The predicted octanol–water partition coefficient (Wildman–Crippen LogP) is 2.39. The van der Waals surface area contributed by atoms with Crippen molar-refractivity contribution >= 4 is 28.1 Å². The Labute approximate surface area is 123 Å². The molecule has 2 aromatic rings. The normalized spacial score (nSPS) is 11.0. The van der Waals surface area contributed by atoms with Crippen LogP contribution in [0.5, 0.6) is 0 Å². The van der Waals surface area contributed by atoms with E-state index >= 15 is 0 Å². The highest BCUT2D eigenvalue weighted by Crippen LogP contribution is 2.10. The lowest BCUT2D eigenvalue weighted by Gasteiger charge is -1.99. The molecule has 0 fully saturated rings. The number of carbonyl (C=O) groups excluding carboxylic acids is 1. The molecular formula is C13H12BrFN4O. The Morgan fingerprint density at radius 1 is 1.45 bits per heavy atom. The van der Waals surface area contributed by atoms with Crippen LogP contribution in [0.2, 0.25) is 0 Å². The fraction of sp³-hybridized carbons (Fsp3) is 0.154. The summed E-state index contributed by atoms with van der Waals surface area (Å²) in [5.41, 5.74) is 3.57. The van der Waals surface area contributed by atoms with Crippen LogP contribution in [0.1, 0.15) is 21.6 Å². The maximum absolute atomic E-state index is 13.6. The second-order valence-corrected chi connectivity index (χ2v) is 5.04. The molecule has 20 heavy (non-hydrogen) atoms. The number of aromatic nitrogens is 2. The summed E-state index contributed by atoms with van der Waals surface area (Å²) < 4.78 is 15.6. The molecule has 0 saturated heterocycles. The molecule has 0 unspecified atom stereocenters. The Kier molecular flexibility index (Phi) is 4.29. The molecule has 1 N–H and O–H groups in total. The van der Waals surface area contributed by atoms with Crippen LogP contribution < -0.4 is 5.43 Å². The molecule has 0 bridgehead atoms. The first-order valence-corrected chi connectivity index (χ1v) is 6.56. The molecule has 0 radical (unpaired) electrons. The quantitative estimate of drug-likeness (QED) is 0.690. The number of halogens is 2. The molecule has 0 aliphatic rings. The number of hydrogen-bond acceptors (Lipinski definition) is 3. The van der Waals surface area contributed by atoms with Crippen molar-refractivity contribution in [1.29, 1.82) is 0 Å². The number of nitrogens with zero attached hydrogens (tertiary/aromatic N) is 3. The van der Waals surface area contributed by atoms with Gasteiger partial charge < -0.3 is 0 Å². The van der Waals surface area contributed by atoms with Crippen LogP contribution in [0.25, 0.3) is 0 Å². The Morgan fingerprint density at radius 3 is 2.65 bits per heavy atom. The van der Waals surface area contributed by atoms with Gasteiger partial charge in [-0.1, -0.05) is 15.9 Å². The largest absolute Gasteiger partial charge is 0.271 e. The molecule has 0 atom stereocenters. The van der Waals surface area contributed by atoms with Crippen molar-refractivity contribution in [2.24, 2.45) is 12.1 Å². The van der Waals surface area contributed by atoms with Crippen LogP contribution in [0.4, 0.5) is 4.39 Å². The second kappa shape index (κ2) is 5.96. The van der Waals surface area contributed by atoms with Crippen molar-refractivity contribution in [3.05, 3.63) is 51.5 Å². The molecule has 1 heterocycles. The molecule has 104 valence electrons. The van der Waals surface area contributed by atoms with E-state index in [9.17, 15) is 9.18 Å². The van der Waals surface area contributed by atoms with Crippen LogP contribution in [0.15, 0.2) is 33.8 Å². The number of hydrazone groups is 1. The zero-order valence-electron chi connectivity index (χ0n) is 10.9. The Bertz CT molecular complexity index is 664. The molecule has 0 spiro atoms. The minimum Gasteiger partial charge on any atom is -0.267 e. The fourth-order valence-electron chi connectivity index (χ4n) is 1.61. The molecular weight excluding hydrogens is 327 g/mol. The lowest BCUT2D eigenvalue weighted by atomic mass is 10.2. The van der Waals surface area contributed by atoms with E-state index in [1.807, 2.05) is 0 Å². The van der Waals surface area contributed by atoms with Crippen LogP contribution in [0.3, 0.4) is 0 Å². The molecule has 1 amide bonds. The zero-order valence-corrected chi connectivity index (χ0v) is 12.5. The van der Waals surface area contributed by atoms with Crippen LogP contribution in [-0.2, 0) is 7.05 Å². The summed E-state index contributed by atoms with van der Waals surface area (Å²) in [7, 11) is 1.50. The van der Waals surface area contributed by atoms with Gasteiger partial charge in [-0.05, 0) is 31.2 Å². The standard InChI is InChI=1S/C13H12BrFN4O/c1-8-11(12(15)19(2)18-8)7-16-17-13(20)9-3-5-10(14)6-4-9/h3-7H,1-2H3,(H,17,20)/b16-7-. The third-order valence-electron chi connectivity index (χ3n) is 2.66. The van der Waals surface area contributed by atoms with E-state index < -0.39 is 5.95 Å². The van der Waals surface area contributed by atoms with E-state index in [0.717, 1.165) is 9.15 Å². The first-order valence-electron chi connectivity index (χ1n) is 5.77. The van der Waals surface area contributed by atoms with Gasteiger partial charge in [-0.2, -0.15) is 14.6 Å². The van der Waals surface area contributed by atoms with E-state index in [0.29, 0.717) is 11.3 Å². The fourth-order valence-corrected chi connectivity index (χ4v) is 1.88. The minimum absolute atomic E-state index is 0.253. The number of benzene rings is 1. The van der Waals surface area contributed by atoms with Crippen LogP contribution >= 0.6 is 15.9 Å².